The molecule has 7 nitrogen and oxygen atoms in total. The Balaban J connectivity index is 1.41. The van der Waals surface area contributed by atoms with Crippen LogP contribution in [0.3, 0.4) is 0 Å². The summed E-state index contributed by atoms with van der Waals surface area (Å²) in [7, 11) is 0. The summed E-state index contributed by atoms with van der Waals surface area (Å²) in [5.41, 5.74) is 4.40. The van der Waals surface area contributed by atoms with Gasteiger partial charge >= 0.3 is 11.4 Å². The normalized spacial score (nSPS) is 14.8. The van der Waals surface area contributed by atoms with Gasteiger partial charge in [-0.1, -0.05) is 54.9 Å². The number of hydrogen-bond donors (Lipinski definition) is 1. The van der Waals surface area contributed by atoms with Crippen LogP contribution in [0.4, 0.5) is 22.7 Å². The van der Waals surface area contributed by atoms with Crippen molar-refractivity contribution in [2.75, 3.05) is 16.3 Å². The standard InChI is InChI=1S/C29H25ClN2O5S/c1-2-19-8-7-13-26-29(19)32(23-10-4-6-12-25(23)35-26)28(37-38(33)34)16-17-31-21-9-3-5-11-24(21)36-27-18-20(30)14-15-22(27)31/h3-15,18,28H,2,16-17H2,1H3,(H,33,34). The third kappa shape index (κ3) is 4.50. The molecule has 0 radical (unpaired) electrons. The molecular formula is C29H25ClN2O5S. The van der Waals surface area contributed by atoms with E-state index in [1.165, 1.54) is 0 Å². The Bertz CT molecular complexity index is 1530. The number of halogens is 1. The Morgan fingerprint density at radius 1 is 0.868 bits per heavy atom. The molecule has 0 amide bonds. The van der Waals surface area contributed by atoms with Crippen LogP contribution in [-0.2, 0) is 22.0 Å². The van der Waals surface area contributed by atoms with Gasteiger partial charge in [0.15, 0.2) is 29.2 Å². The van der Waals surface area contributed by atoms with Crippen LogP contribution in [0.1, 0.15) is 18.9 Å². The van der Waals surface area contributed by atoms with Crippen LogP contribution in [0.2, 0.25) is 5.02 Å². The number of aryl methyl sites for hydroxylation is 1. The monoisotopic (exact) mass is 548 g/mol. The molecule has 0 spiro atoms. The molecule has 2 atom stereocenters. The van der Waals surface area contributed by atoms with Crippen LogP contribution >= 0.6 is 11.6 Å². The number of benzene rings is 4. The average Bonchev–Trinajstić information content (AvgIpc) is 2.92. The number of ether oxygens (including phenoxy) is 2. The van der Waals surface area contributed by atoms with E-state index in [0.29, 0.717) is 41.0 Å². The number of hydrogen-bond acceptors (Lipinski definition) is 6. The molecule has 0 saturated heterocycles. The first-order valence-corrected chi connectivity index (χ1v) is 13.7. The summed E-state index contributed by atoms with van der Waals surface area (Å²) in [5, 5.41) is 0.577. The number of rotatable bonds is 7. The van der Waals surface area contributed by atoms with Crippen molar-refractivity contribution in [3.8, 4) is 23.0 Å². The van der Waals surface area contributed by atoms with Gasteiger partial charge in [-0.3, -0.25) is 4.55 Å². The van der Waals surface area contributed by atoms with Crippen molar-refractivity contribution < 1.29 is 22.4 Å². The van der Waals surface area contributed by atoms with Gasteiger partial charge < -0.3 is 19.3 Å². The quantitative estimate of drug-likeness (QED) is 0.235. The number of para-hydroxylation sites is 5. The second-order valence-electron chi connectivity index (χ2n) is 8.95. The van der Waals surface area contributed by atoms with Crippen LogP contribution in [0.25, 0.3) is 0 Å². The maximum absolute atomic E-state index is 12.1. The molecule has 2 unspecified atom stereocenters. The number of anilines is 4. The van der Waals surface area contributed by atoms with Gasteiger partial charge in [0.25, 0.3) is 0 Å². The highest BCUT2D eigenvalue weighted by Crippen LogP contribution is 2.51. The second-order valence-corrected chi connectivity index (χ2v) is 10.0. The number of fused-ring (bicyclic) bond motifs is 4. The van der Waals surface area contributed by atoms with Crippen LogP contribution in [-0.4, -0.2) is 21.5 Å². The molecule has 4 aromatic rings. The van der Waals surface area contributed by atoms with E-state index in [4.69, 9.17) is 25.3 Å². The predicted molar refractivity (Wildman–Crippen MR) is 150 cm³/mol. The van der Waals surface area contributed by atoms with E-state index >= 15 is 0 Å². The van der Waals surface area contributed by atoms with Gasteiger partial charge in [-0.05, 0) is 54.4 Å². The van der Waals surface area contributed by atoms with Crippen LogP contribution in [0, 0.1) is 0 Å². The highest BCUT2D eigenvalue weighted by molar-refractivity contribution is 7.74. The zero-order valence-corrected chi connectivity index (χ0v) is 22.1. The van der Waals surface area contributed by atoms with Crippen molar-refractivity contribution >= 4 is 45.7 Å². The van der Waals surface area contributed by atoms with E-state index in [1.807, 2.05) is 83.8 Å². The van der Waals surface area contributed by atoms with E-state index in [9.17, 15) is 8.76 Å². The van der Waals surface area contributed by atoms with Crippen molar-refractivity contribution in [2.24, 2.45) is 0 Å². The third-order valence-corrected chi connectivity index (χ3v) is 7.34. The number of nitrogens with zero attached hydrogens (tertiary/aromatic N) is 2. The molecule has 194 valence electrons. The van der Waals surface area contributed by atoms with Crippen molar-refractivity contribution in [1.29, 1.82) is 0 Å². The summed E-state index contributed by atoms with van der Waals surface area (Å²) in [6.07, 6.45) is 0.364. The lowest BCUT2D eigenvalue weighted by molar-refractivity contribution is 0.198. The van der Waals surface area contributed by atoms with Gasteiger partial charge in [0.1, 0.15) is 0 Å². The fraction of sp³-hybridized carbons (Fsp3) is 0.172. The molecule has 38 heavy (non-hydrogen) atoms. The van der Waals surface area contributed by atoms with Gasteiger partial charge in [-0.15, -0.1) is 0 Å². The summed E-state index contributed by atoms with van der Waals surface area (Å²) >= 11 is 3.76. The van der Waals surface area contributed by atoms with Crippen molar-refractivity contribution in [3.05, 3.63) is 95.5 Å². The molecule has 0 aliphatic carbocycles. The molecule has 9 heteroatoms. The van der Waals surface area contributed by atoms with E-state index in [2.05, 4.69) is 11.8 Å². The molecule has 2 aliphatic heterocycles. The topological polar surface area (TPSA) is 71.5 Å². The smallest absolute Gasteiger partial charge is 0.304 e. The van der Waals surface area contributed by atoms with E-state index in [0.717, 1.165) is 34.7 Å². The SMILES string of the molecule is CCc1cccc2c1N(C(CCN1c3ccccc3Oc3cc(Cl)ccc31)OS(=O)O)c1ccccc1O2. The molecule has 0 bridgehead atoms. The van der Waals surface area contributed by atoms with Crippen molar-refractivity contribution in [1.82, 2.24) is 0 Å². The van der Waals surface area contributed by atoms with E-state index in [1.54, 1.807) is 6.07 Å². The lowest BCUT2D eigenvalue weighted by Gasteiger charge is -2.40. The first-order chi connectivity index (χ1) is 18.5. The highest BCUT2D eigenvalue weighted by Gasteiger charge is 2.34. The van der Waals surface area contributed by atoms with Gasteiger partial charge in [-0.2, -0.15) is 4.21 Å². The first-order valence-electron chi connectivity index (χ1n) is 12.3. The van der Waals surface area contributed by atoms with Crippen LogP contribution in [0.15, 0.2) is 84.9 Å². The van der Waals surface area contributed by atoms with Gasteiger partial charge in [0, 0.05) is 24.1 Å². The Kier molecular flexibility index (Phi) is 6.71. The minimum Gasteiger partial charge on any atom is -0.453 e. The van der Waals surface area contributed by atoms with Crippen LogP contribution < -0.4 is 19.3 Å². The zero-order chi connectivity index (χ0) is 26.2. The van der Waals surface area contributed by atoms with Crippen molar-refractivity contribution in [2.45, 2.75) is 26.0 Å². The highest BCUT2D eigenvalue weighted by atomic mass is 35.5. The molecule has 6 rings (SSSR count). The minimum atomic E-state index is -2.50. The molecule has 0 aromatic heterocycles. The largest absolute Gasteiger partial charge is 0.453 e. The Morgan fingerprint density at radius 3 is 2.29 bits per heavy atom. The molecule has 0 saturated carbocycles. The maximum Gasteiger partial charge on any atom is 0.304 e. The molecule has 2 aliphatic rings. The average molecular weight is 549 g/mol. The van der Waals surface area contributed by atoms with Gasteiger partial charge in [-0.25, -0.2) is 4.18 Å². The molecule has 2 heterocycles. The summed E-state index contributed by atoms with van der Waals surface area (Å²) in [6.45, 7) is 2.54. The molecule has 0 fully saturated rings. The second kappa shape index (κ2) is 10.3. The fourth-order valence-electron chi connectivity index (χ4n) is 5.09. The summed E-state index contributed by atoms with van der Waals surface area (Å²) in [5.74, 6) is 2.69. The van der Waals surface area contributed by atoms with E-state index in [-0.39, 0.29) is 0 Å². The van der Waals surface area contributed by atoms with Crippen LogP contribution in [0.5, 0.6) is 23.0 Å². The third-order valence-electron chi connectivity index (χ3n) is 6.72. The van der Waals surface area contributed by atoms with Gasteiger partial charge in [0.2, 0.25) is 0 Å². The lowest BCUT2D eigenvalue weighted by Crippen LogP contribution is -2.39. The van der Waals surface area contributed by atoms with E-state index < -0.39 is 17.6 Å². The lowest BCUT2D eigenvalue weighted by atomic mass is 10.0. The summed E-state index contributed by atoms with van der Waals surface area (Å²) < 4.78 is 40.1. The van der Waals surface area contributed by atoms with Gasteiger partial charge in [0.05, 0.1) is 22.7 Å². The maximum atomic E-state index is 12.1. The summed E-state index contributed by atoms with van der Waals surface area (Å²) in [6, 6.07) is 26.8. The Morgan fingerprint density at radius 2 is 1.53 bits per heavy atom. The van der Waals surface area contributed by atoms with Crippen molar-refractivity contribution in [3.63, 3.8) is 0 Å². The molecule has 4 aromatic carbocycles. The first kappa shape index (κ1) is 24.8. The molecule has 1 N–H and O–H groups in total. The predicted octanol–water partition coefficient (Wildman–Crippen LogP) is 7.96. The Labute approximate surface area is 228 Å². The minimum absolute atomic E-state index is 0.383. The zero-order valence-electron chi connectivity index (χ0n) is 20.5. The summed E-state index contributed by atoms with van der Waals surface area (Å²) in [4.78, 5) is 4.11. The molecular weight excluding hydrogens is 524 g/mol. The Hall–Kier alpha value is -3.56. The fourth-order valence-corrected chi connectivity index (χ4v) is 5.63.